The Hall–Kier alpha value is -2.23. The second kappa shape index (κ2) is 4.22. The van der Waals surface area contributed by atoms with E-state index in [1.807, 2.05) is 24.3 Å². The highest BCUT2D eigenvalue weighted by Gasteiger charge is 2.25. The third-order valence-corrected chi connectivity index (χ3v) is 3.11. The molecule has 2 aromatic rings. The minimum Gasteiger partial charge on any atom is -0.308 e. The van der Waals surface area contributed by atoms with E-state index in [0.717, 1.165) is 17.7 Å². The molecule has 3 nitrogen and oxygen atoms in total. The summed E-state index contributed by atoms with van der Waals surface area (Å²) in [4.78, 5) is 17.4. The molecule has 0 saturated carbocycles. The molecule has 1 aliphatic rings. The predicted octanol–water partition coefficient (Wildman–Crippen LogP) is 2.42. The Morgan fingerprint density at radius 1 is 1.28 bits per heavy atom. The Balaban J connectivity index is 1.96. The molecule has 0 unspecified atom stereocenters. The molecular weight excluding hydrogens is 231 g/mol. The van der Waals surface area contributed by atoms with Crippen molar-refractivity contribution in [3.63, 3.8) is 0 Å². The lowest BCUT2D eigenvalue weighted by Crippen LogP contribution is -2.28. The quantitative estimate of drug-likeness (QED) is 0.719. The van der Waals surface area contributed by atoms with Crippen LogP contribution in [0.1, 0.15) is 15.9 Å². The zero-order chi connectivity index (χ0) is 12.5. The van der Waals surface area contributed by atoms with Crippen LogP contribution < -0.4 is 4.90 Å². The maximum absolute atomic E-state index is 13.0. The number of hydrogen-bond donors (Lipinski definition) is 0. The van der Waals surface area contributed by atoms with E-state index in [1.54, 1.807) is 4.90 Å². The lowest BCUT2D eigenvalue weighted by atomic mass is 10.2. The smallest absolute Gasteiger partial charge is 0.258 e. The van der Waals surface area contributed by atoms with Gasteiger partial charge in [-0.15, -0.1) is 0 Å². The summed E-state index contributed by atoms with van der Waals surface area (Å²) < 4.78 is 13.0. The van der Waals surface area contributed by atoms with Crippen LogP contribution in [0.15, 0.2) is 42.6 Å². The summed E-state index contributed by atoms with van der Waals surface area (Å²) in [5.74, 6) is -0.811. The molecule has 4 heteroatoms. The van der Waals surface area contributed by atoms with Crippen molar-refractivity contribution in [3.05, 3.63) is 59.7 Å². The first-order valence-electron chi connectivity index (χ1n) is 5.77. The molecule has 0 saturated heterocycles. The molecule has 1 aromatic heterocycles. The average molecular weight is 242 g/mol. The van der Waals surface area contributed by atoms with Crippen LogP contribution in [0, 0.1) is 5.95 Å². The zero-order valence-corrected chi connectivity index (χ0v) is 9.64. The number of carbonyl (C=O) groups is 1. The van der Waals surface area contributed by atoms with Gasteiger partial charge in [0.15, 0.2) is 0 Å². The third kappa shape index (κ3) is 1.76. The van der Waals surface area contributed by atoms with Crippen LogP contribution in [0.5, 0.6) is 0 Å². The van der Waals surface area contributed by atoms with Crippen LogP contribution in [0.4, 0.5) is 10.1 Å². The van der Waals surface area contributed by atoms with Gasteiger partial charge in [-0.05, 0) is 24.1 Å². The Kier molecular flexibility index (Phi) is 2.55. The zero-order valence-electron chi connectivity index (χ0n) is 9.64. The number of nitrogens with zero attached hydrogens (tertiary/aromatic N) is 2. The van der Waals surface area contributed by atoms with Gasteiger partial charge in [-0.25, -0.2) is 4.98 Å². The summed E-state index contributed by atoms with van der Waals surface area (Å²) in [6.07, 6.45) is 2.15. The van der Waals surface area contributed by atoms with Crippen molar-refractivity contribution in [1.29, 1.82) is 0 Å². The molecule has 1 aromatic carbocycles. The molecule has 0 atom stereocenters. The lowest BCUT2D eigenvalue weighted by Gasteiger charge is -2.17. The maximum atomic E-state index is 13.0. The van der Waals surface area contributed by atoms with E-state index in [1.165, 1.54) is 18.3 Å². The molecule has 18 heavy (non-hydrogen) atoms. The molecule has 0 N–H and O–H groups in total. The second-order valence-electron chi connectivity index (χ2n) is 4.20. The number of amides is 1. The first-order chi connectivity index (χ1) is 8.75. The molecule has 2 heterocycles. The third-order valence-electron chi connectivity index (χ3n) is 3.11. The number of anilines is 1. The van der Waals surface area contributed by atoms with E-state index in [2.05, 4.69) is 4.98 Å². The van der Waals surface area contributed by atoms with Crippen molar-refractivity contribution in [2.45, 2.75) is 6.42 Å². The van der Waals surface area contributed by atoms with Gasteiger partial charge in [0.1, 0.15) is 0 Å². The van der Waals surface area contributed by atoms with Crippen molar-refractivity contribution in [3.8, 4) is 0 Å². The predicted molar refractivity (Wildman–Crippen MR) is 66.0 cm³/mol. The minimum atomic E-state index is -0.631. The number of halogens is 1. The number of pyridine rings is 1. The van der Waals surface area contributed by atoms with Crippen LogP contribution in [-0.2, 0) is 6.42 Å². The molecule has 0 spiro atoms. The van der Waals surface area contributed by atoms with Crippen molar-refractivity contribution in [1.82, 2.24) is 4.98 Å². The highest BCUT2D eigenvalue weighted by Crippen LogP contribution is 2.28. The molecule has 90 valence electrons. The van der Waals surface area contributed by atoms with Crippen LogP contribution in [0.25, 0.3) is 0 Å². The van der Waals surface area contributed by atoms with Crippen molar-refractivity contribution in [2.75, 3.05) is 11.4 Å². The molecule has 0 radical (unpaired) electrons. The van der Waals surface area contributed by atoms with Gasteiger partial charge in [0.2, 0.25) is 5.95 Å². The fourth-order valence-electron chi connectivity index (χ4n) is 2.24. The molecule has 0 fully saturated rings. The van der Waals surface area contributed by atoms with Crippen molar-refractivity contribution in [2.24, 2.45) is 0 Å². The summed E-state index contributed by atoms with van der Waals surface area (Å²) in [5, 5.41) is 0. The van der Waals surface area contributed by atoms with Gasteiger partial charge in [0.05, 0.1) is 0 Å². The lowest BCUT2D eigenvalue weighted by molar-refractivity contribution is 0.0988. The van der Waals surface area contributed by atoms with Crippen LogP contribution >= 0.6 is 0 Å². The first-order valence-corrected chi connectivity index (χ1v) is 5.77. The average Bonchev–Trinajstić information content (AvgIpc) is 2.82. The van der Waals surface area contributed by atoms with E-state index in [-0.39, 0.29) is 5.91 Å². The highest BCUT2D eigenvalue weighted by atomic mass is 19.1. The van der Waals surface area contributed by atoms with Crippen LogP contribution in [0.3, 0.4) is 0 Å². The number of fused-ring (bicyclic) bond motifs is 1. The molecule has 1 amide bonds. The van der Waals surface area contributed by atoms with Crippen LogP contribution in [-0.4, -0.2) is 17.4 Å². The Bertz CT molecular complexity index is 612. The van der Waals surface area contributed by atoms with Crippen molar-refractivity contribution >= 4 is 11.6 Å². The molecule has 1 aliphatic heterocycles. The monoisotopic (exact) mass is 242 g/mol. The van der Waals surface area contributed by atoms with E-state index in [4.69, 9.17) is 0 Å². The molecule has 3 rings (SSSR count). The second-order valence-corrected chi connectivity index (χ2v) is 4.20. The van der Waals surface area contributed by atoms with Gasteiger partial charge in [0, 0.05) is 30.1 Å². The normalized spacial score (nSPS) is 13.5. The van der Waals surface area contributed by atoms with Gasteiger partial charge >= 0.3 is 0 Å². The number of benzene rings is 1. The summed E-state index contributed by atoms with van der Waals surface area (Å²) in [5.41, 5.74) is 2.40. The Morgan fingerprint density at radius 2 is 2.11 bits per heavy atom. The van der Waals surface area contributed by atoms with Gasteiger partial charge in [-0.3, -0.25) is 4.79 Å². The SMILES string of the molecule is O=C(c1ccnc(F)c1)N1CCc2ccccc21. The van der Waals surface area contributed by atoms with Gasteiger partial charge in [0.25, 0.3) is 5.91 Å². The highest BCUT2D eigenvalue weighted by molar-refractivity contribution is 6.07. The molecule has 0 bridgehead atoms. The summed E-state index contributed by atoms with van der Waals surface area (Å²) in [6.45, 7) is 0.641. The number of carbonyl (C=O) groups excluding carboxylic acids is 1. The van der Waals surface area contributed by atoms with Crippen LogP contribution in [0.2, 0.25) is 0 Å². The molecule has 0 aliphatic carbocycles. The number of rotatable bonds is 1. The fraction of sp³-hybridized carbons (Fsp3) is 0.143. The molecular formula is C14H11FN2O. The van der Waals surface area contributed by atoms with Gasteiger partial charge < -0.3 is 4.90 Å². The van der Waals surface area contributed by atoms with Gasteiger partial charge in [-0.1, -0.05) is 18.2 Å². The first kappa shape index (κ1) is 10.9. The van der Waals surface area contributed by atoms with Gasteiger partial charge in [-0.2, -0.15) is 4.39 Å². The minimum absolute atomic E-state index is 0.179. The van der Waals surface area contributed by atoms with E-state index in [0.29, 0.717) is 12.1 Å². The van der Waals surface area contributed by atoms with E-state index < -0.39 is 5.95 Å². The summed E-state index contributed by atoms with van der Waals surface area (Å²) in [7, 11) is 0. The Morgan fingerprint density at radius 3 is 2.94 bits per heavy atom. The fourth-order valence-corrected chi connectivity index (χ4v) is 2.24. The van der Waals surface area contributed by atoms with E-state index in [9.17, 15) is 9.18 Å². The summed E-state index contributed by atoms with van der Waals surface area (Å²) in [6, 6.07) is 10.5. The van der Waals surface area contributed by atoms with Crippen molar-refractivity contribution < 1.29 is 9.18 Å². The standard InChI is InChI=1S/C14H11FN2O/c15-13-9-11(5-7-16-13)14(18)17-8-6-10-3-1-2-4-12(10)17/h1-5,7,9H,6,8H2. The largest absolute Gasteiger partial charge is 0.308 e. The number of hydrogen-bond acceptors (Lipinski definition) is 2. The van der Waals surface area contributed by atoms with E-state index >= 15 is 0 Å². The topological polar surface area (TPSA) is 33.2 Å². The number of para-hydroxylation sites is 1. The summed E-state index contributed by atoms with van der Waals surface area (Å²) >= 11 is 0. The maximum Gasteiger partial charge on any atom is 0.258 e. The Labute approximate surface area is 104 Å². The number of aromatic nitrogens is 1.